The summed E-state index contributed by atoms with van der Waals surface area (Å²) in [5.41, 5.74) is 0.168. The van der Waals surface area contributed by atoms with E-state index in [2.05, 4.69) is 0 Å². The van der Waals surface area contributed by atoms with Crippen molar-refractivity contribution in [3.63, 3.8) is 0 Å². The van der Waals surface area contributed by atoms with Gasteiger partial charge in [-0.3, -0.25) is 9.63 Å². The highest BCUT2D eigenvalue weighted by Crippen LogP contribution is 2.22. The summed E-state index contributed by atoms with van der Waals surface area (Å²) in [5, 5.41) is 0. The van der Waals surface area contributed by atoms with Gasteiger partial charge in [0.1, 0.15) is 0 Å². The van der Waals surface area contributed by atoms with E-state index in [1.165, 1.54) is 38.4 Å². The maximum Gasteiger partial charge on any atom is 0.338 e. The lowest BCUT2D eigenvalue weighted by Crippen LogP contribution is -2.49. The molecule has 0 N–H and O–H groups in total. The van der Waals surface area contributed by atoms with E-state index in [4.69, 9.17) is 9.57 Å². The Balaban J connectivity index is 1.99. The van der Waals surface area contributed by atoms with Gasteiger partial charge >= 0.3 is 5.97 Å². The predicted octanol–water partition coefficient (Wildman–Crippen LogP) is 1.81. The van der Waals surface area contributed by atoms with Crippen LogP contribution in [0.25, 0.3) is 0 Å². The number of likely N-dealkylation sites (tertiary alicyclic amines) is 1. The van der Waals surface area contributed by atoms with Crippen LogP contribution in [0.4, 0.5) is 0 Å². The molecular formula is C18H26N2O6S. The number of benzene rings is 1. The number of rotatable bonds is 6. The van der Waals surface area contributed by atoms with Gasteiger partial charge in [0.15, 0.2) is 6.61 Å². The summed E-state index contributed by atoms with van der Waals surface area (Å²) in [6.45, 7) is 3.65. The molecule has 0 unspecified atom stereocenters. The van der Waals surface area contributed by atoms with Gasteiger partial charge in [-0.25, -0.2) is 13.2 Å². The van der Waals surface area contributed by atoms with Crippen LogP contribution in [-0.4, -0.2) is 62.5 Å². The molecule has 0 radical (unpaired) electrons. The summed E-state index contributed by atoms with van der Waals surface area (Å²) in [4.78, 5) is 31.0. The Morgan fingerprint density at radius 2 is 1.70 bits per heavy atom. The third-order valence-corrected chi connectivity index (χ3v) is 6.49. The molecule has 2 rings (SSSR count). The number of carbonyl (C=O) groups is 2. The number of esters is 1. The summed E-state index contributed by atoms with van der Waals surface area (Å²) in [6, 6.07) is 5.52. The molecule has 0 bridgehead atoms. The Bertz CT molecular complexity index is 768. The first-order valence-corrected chi connectivity index (χ1v) is 10.2. The van der Waals surface area contributed by atoms with Crippen molar-refractivity contribution in [3.8, 4) is 0 Å². The molecule has 9 heteroatoms. The van der Waals surface area contributed by atoms with E-state index in [0.717, 1.165) is 23.7 Å². The van der Waals surface area contributed by atoms with Crippen LogP contribution in [0.15, 0.2) is 29.2 Å². The molecule has 0 spiro atoms. The lowest BCUT2D eigenvalue weighted by Gasteiger charge is -2.38. The molecule has 1 aromatic rings. The van der Waals surface area contributed by atoms with E-state index in [1.54, 1.807) is 4.90 Å². The molecule has 8 nitrogen and oxygen atoms in total. The summed E-state index contributed by atoms with van der Waals surface area (Å²) in [6.07, 6.45) is 2.96. The number of amides is 1. The average molecular weight is 398 g/mol. The zero-order chi connectivity index (χ0) is 20.2. The standard InChI is InChI=1S/C18H26N2O6S/c1-13-6-5-7-14(2)20(13)17(21)12-26-18(22)15-8-10-16(11-9-15)27(23,24)19(3)25-4/h8-11,13-14H,5-7,12H2,1-4H3/t13-,14+. The van der Waals surface area contributed by atoms with Crippen LogP contribution in [0.2, 0.25) is 0 Å². The summed E-state index contributed by atoms with van der Waals surface area (Å²) in [5.74, 6) is -0.895. The molecule has 0 aromatic heterocycles. The van der Waals surface area contributed by atoms with Crippen LogP contribution in [0.5, 0.6) is 0 Å². The zero-order valence-electron chi connectivity index (χ0n) is 16.0. The van der Waals surface area contributed by atoms with E-state index >= 15 is 0 Å². The smallest absolute Gasteiger partial charge is 0.338 e. The van der Waals surface area contributed by atoms with Gasteiger partial charge in [0.2, 0.25) is 0 Å². The highest BCUT2D eigenvalue weighted by atomic mass is 32.2. The van der Waals surface area contributed by atoms with Crippen LogP contribution in [0.1, 0.15) is 43.5 Å². The highest BCUT2D eigenvalue weighted by Gasteiger charge is 2.29. The van der Waals surface area contributed by atoms with E-state index in [1.807, 2.05) is 13.8 Å². The monoisotopic (exact) mass is 398 g/mol. The van der Waals surface area contributed by atoms with Crippen molar-refractivity contribution >= 4 is 21.9 Å². The number of hydrogen-bond donors (Lipinski definition) is 0. The lowest BCUT2D eigenvalue weighted by atomic mass is 9.97. The number of hydroxylamine groups is 1. The number of piperidine rings is 1. The van der Waals surface area contributed by atoms with Gasteiger partial charge in [0.25, 0.3) is 15.9 Å². The first-order valence-electron chi connectivity index (χ1n) is 8.80. The minimum absolute atomic E-state index is 0.0181. The van der Waals surface area contributed by atoms with Crippen LogP contribution >= 0.6 is 0 Å². The van der Waals surface area contributed by atoms with Crippen LogP contribution in [-0.2, 0) is 24.4 Å². The fourth-order valence-electron chi connectivity index (χ4n) is 3.21. The maximum atomic E-state index is 12.4. The Morgan fingerprint density at radius 3 is 2.22 bits per heavy atom. The van der Waals surface area contributed by atoms with Crippen molar-refractivity contribution in [1.82, 2.24) is 9.37 Å². The summed E-state index contributed by atoms with van der Waals surface area (Å²) < 4.78 is 30.1. The van der Waals surface area contributed by atoms with Crippen molar-refractivity contribution in [1.29, 1.82) is 0 Å². The zero-order valence-corrected chi connectivity index (χ0v) is 16.9. The highest BCUT2D eigenvalue weighted by molar-refractivity contribution is 7.89. The van der Waals surface area contributed by atoms with Gasteiger partial charge in [-0.2, -0.15) is 0 Å². The van der Waals surface area contributed by atoms with E-state index in [0.29, 0.717) is 0 Å². The molecule has 27 heavy (non-hydrogen) atoms. The Morgan fingerprint density at radius 1 is 1.15 bits per heavy atom. The van der Waals surface area contributed by atoms with Crippen molar-refractivity contribution in [3.05, 3.63) is 29.8 Å². The number of sulfonamides is 1. The summed E-state index contributed by atoms with van der Waals surface area (Å²) in [7, 11) is -1.28. The molecule has 1 aliphatic heterocycles. The average Bonchev–Trinajstić information content (AvgIpc) is 2.65. The predicted molar refractivity (Wildman–Crippen MR) is 98.3 cm³/mol. The van der Waals surface area contributed by atoms with Gasteiger partial charge in [-0.1, -0.05) is 4.47 Å². The number of ether oxygens (including phenoxy) is 1. The number of carbonyl (C=O) groups excluding carboxylic acids is 2. The van der Waals surface area contributed by atoms with E-state index < -0.39 is 16.0 Å². The largest absolute Gasteiger partial charge is 0.452 e. The third-order valence-electron chi connectivity index (χ3n) is 4.79. The molecule has 0 saturated carbocycles. The quantitative estimate of drug-likeness (QED) is 0.536. The molecule has 1 amide bonds. The number of nitrogens with zero attached hydrogens (tertiary/aromatic N) is 2. The minimum atomic E-state index is -3.79. The van der Waals surface area contributed by atoms with Crippen LogP contribution in [0, 0.1) is 0 Å². The fraction of sp³-hybridized carbons (Fsp3) is 0.556. The van der Waals surface area contributed by atoms with Crippen LogP contribution in [0.3, 0.4) is 0 Å². The maximum absolute atomic E-state index is 12.4. The van der Waals surface area contributed by atoms with Crippen molar-refractivity contribution in [2.24, 2.45) is 0 Å². The summed E-state index contributed by atoms with van der Waals surface area (Å²) >= 11 is 0. The molecule has 1 aliphatic rings. The van der Waals surface area contributed by atoms with Gasteiger partial charge in [-0.15, -0.1) is 0 Å². The van der Waals surface area contributed by atoms with E-state index in [-0.39, 0.29) is 35.1 Å². The van der Waals surface area contributed by atoms with Crippen LogP contribution < -0.4 is 0 Å². The first kappa shape index (κ1) is 21.3. The van der Waals surface area contributed by atoms with E-state index in [9.17, 15) is 18.0 Å². The van der Waals surface area contributed by atoms with Crippen molar-refractivity contribution in [2.75, 3.05) is 20.8 Å². The Kier molecular flexibility index (Phi) is 6.96. The van der Waals surface area contributed by atoms with Gasteiger partial charge in [0, 0.05) is 19.1 Å². The molecule has 1 fully saturated rings. The second kappa shape index (κ2) is 8.81. The second-order valence-corrected chi connectivity index (χ2v) is 8.56. The third kappa shape index (κ3) is 4.85. The second-order valence-electron chi connectivity index (χ2n) is 6.63. The molecule has 1 saturated heterocycles. The molecule has 2 atom stereocenters. The minimum Gasteiger partial charge on any atom is -0.452 e. The molecule has 0 aliphatic carbocycles. The molecule has 1 aromatic carbocycles. The van der Waals surface area contributed by atoms with Gasteiger partial charge < -0.3 is 9.64 Å². The lowest BCUT2D eigenvalue weighted by molar-refractivity contribution is -0.140. The molecular weight excluding hydrogens is 372 g/mol. The molecule has 1 heterocycles. The first-order chi connectivity index (χ1) is 12.7. The van der Waals surface area contributed by atoms with Gasteiger partial charge in [-0.05, 0) is 57.4 Å². The topological polar surface area (TPSA) is 93.2 Å². The van der Waals surface area contributed by atoms with Crippen molar-refractivity contribution < 1.29 is 27.6 Å². The molecule has 150 valence electrons. The SMILES string of the molecule is CON(C)S(=O)(=O)c1ccc(C(=O)OCC(=O)N2[C@H](C)CCC[C@@H]2C)cc1. The number of hydrogen-bond acceptors (Lipinski definition) is 6. The van der Waals surface area contributed by atoms with Gasteiger partial charge in [0.05, 0.1) is 17.6 Å². The Labute approximate surface area is 160 Å². The fourth-order valence-corrected chi connectivity index (χ4v) is 4.18. The normalized spacial score (nSPS) is 20.6. The Hall–Kier alpha value is -1.97. The van der Waals surface area contributed by atoms with Crippen molar-refractivity contribution in [2.45, 2.75) is 50.1 Å².